The molecule has 0 fully saturated rings. The largest absolute Gasteiger partial charge is 0.478 e. The molecule has 0 saturated heterocycles. The molecule has 0 aliphatic heterocycles. The number of nitrogens with one attached hydrogen (secondary N) is 2. The summed E-state index contributed by atoms with van der Waals surface area (Å²) in [4.78, 5) is 39.0. The van der Waals surface area contributed by atoms with Gasteiger partial charge in [0.1, 0.15) is 0 Å². The van der Waals surface area contributed by atoms with Crippen molar-refractivity contribution in [2.24, 2.45) is 5.84 Å². The number of carboxylic acids is 1. The number of nitrogens with two attached hydrogens (primary N) is 1. The van der Waals surface area contributed by atoms with Crippen molar-refractivity contribution in [2.75, 3.05) is 5.43 Å². The third kappa shape index (κ3) is 3.58. The van der Waals surface area contributed by atoms with E-state index in [0.29, 0.717) is 0 Å². The summed E-state index contributed by atoms with van der Waals surface area (Å²) in [6, 6.07) is 3.08. The van der Waals surface area contributed by atoms with E-state index in [1.165, 1.54) is 30.9 Å². The minimum atomic E-state index is -0.942. The van der Waals surface area contributed by atoms with Gasteiger partial charge in [-0.25, -0.2) is 20.6 Å². The lowest BCUT2D eigenvalue weighted by Crippen LogP contribution is -2.17. The van der Waals surface area contributed by atoms with Crippen LogP contribution >= 0.6 is 0 Å². The van der Waals surface area contributed by atoms with Crippen LogP contribution in [0.5, 0.6) is 0 Å². The van der Waals surface area contributed by atoms with E-state index in [4.69, 9.17) is 10.9 Å². The Morgan fingerprint density at radius 1 is 1.27 bits per heavy atom. The Kier molecular flexibility index (Phi) is 4.67. The molecule has 3 rings (SSSR count). The Morgan fingerprint density at radius 3 is 2.64 bits per heavy atom. The first kappa shape index (κ1) is 15.0. The fourth-order valence-electron chi connectivity index (χ4n) is 1.43. The predicted molar refractivity (Wildman–Crippen MR) is 77.0 cm³/mol. The van der Waals surface area contributed by atoms with Crippen molar-refractivity contribution in [3.8, 4) is 0 Å². The average molecular weight is 301 g/mol. The zero-order chi connectivity index (χ0) is 15.9. The van der Waals surface area contributed by atoms with Crippen molar-refractivity contribution in [3.05, 3.63) is 52.8 Å². The number of rotatable bonds is 2. The van der Waals surface area contributed by atoms with E-state index in [1.807, 2.05) is 0 Å². The van der Waals surface area contributed by atoms with Gasteiger partial charge in [0.15, 0.2) is 11.2 Å². The van der Waals surface area contributed by atoms with Crippen LogP contribution in [0.3, 0.4) is 0 Å². The monoisotopic (exact) mass is 301 g/mol. The van der Waals surface area contributed by atoms with Crippen LogP contribution in [0.1, 0.15) is 10.4 Å². The van der Waals surface area contributed by atoms with E-state index in [1.54, 1.807) is 6.07 Å². The third-order valence-electron chi connectivity index (χ3n) is 2.39. The highest BCUT2D eigenvalue weighted by atomic mass is 16.4. The Hall–Kier alpha value is -3.40. The first-order chi connectivity index (χ1) is 10.6. The standard InChI is InChI=1S/C6H6N6O.C6H5NO2/c7-12-6-10-4-3(5(13)11-6)8-1-2-9-4;8-6(9)5-2-1-3-7-4-5/h1-2H,7H2,(H2,9,10,11,12,13);1-4H,(H,8,9). The summed E-state index contributed by atoms with van der Waals surface area (Å²) in [5.74, 6) is 4.30. The van der Waals surface area contributed by atoms with Gasteiger partial charge in [0.05, 0.1) is 5.56 Å². The van der Waals surface area contributed by atoms with Crippen LogP contribution in [0, 0.1) is 0 Å². The number of hydrogen-bond donors (Lipinski definition) is 4. The number of hydrogen-bond acceptors (Lipinski definition) is 8. The van der Waals surface area contributed by atoms with Crippen molar-refractivity contribution < 1.29 is 9.90 Å². The normalized spacial score (nSPS) is 9.68. The summed E-state index contributed by atoms with van der Waals surface area (Å²) in [6.07, 6.45) is 5.72. The molecule has 10 nitrogen and oxygen atoms in total. The first-order valence-electron chi connectivity index (χ1n) is 5.93. The predicted octanol–water partition coefficient (Wildman–Crippen LogP) is -0.221. The van der Waals surface area contributed by atoms with Gasteiger partial charge in [-0.15, -0.1) is 0 Å². The molecule has 0 amide bonds. The van der Waals surface area contributed by atoms with Crippen LogP contribution in [0.2, 0.25) is 0 Å². The van der Waals surface area contributed by atoms with Crippen molar-refractivity contribution in [1.82, 2.24) is 24.9 Å². The van der Waals surface area contributed by atoms with Crippen LogP contribution in [0.15, 0.2) is 41.7 Å². The summed E-state index contributed by atoms with van der Waals surface area (Å²) in [5.41, 5.74) is 2.53. The number of hydrazine groups is 1. The number of fused-ring (bicyclic) bond motifs is 1. The van der Waals surface area contributed by atoms with E-state index in [9.17, 15) is 9.59 Å². The lowest BCUT2D eigenvalue weighted by Gasteiger charge is -1.98. The average Bonchev–Trinajstić information content (AvgIpc) is 2.56. The molecule has 22 heavy (non-hydrogen) atoms. The maximum Gasteiger partial charge on any atom is 0.337 e. The quantitative estimate of drug-likeness (QED) is 0.370. The SMILES string of the molecule is NNc1nc2nccnc2c(=O)[nH]1.O=C(O)c1cccnc1. The molecule has 0 spiro atoms. The molecule has 3 aromatic heterocycles. The Labute approximate surface area is 123 Å². The third-order valence-corrected chi connectivity index (χ3v) is 2.39. The maximum absolute atomic E-state index is 11.3. The minimum Gasteiger partial charge on any atom is -0.478 e. The zero-order valence-corrected chi connectivity index (χ0v) is 11.1. The number of pyridine rings is 1. The molecule has 0 radical (unpaired) electrons. The number of nitrogens with zero attached hydrogens (tertiary/aromatic N) is 4. The summed E-state index contributed by atoms with van der Waals surface area (Å²) >= 11 is 0. The number of aromatic amines is 1. The van der Waals surface area contributed by atoms with Crippen LogP contribution in [-0.4, -0.2) is 36.0 Å². The molecule has 112 valence electrons. The van der Waals surface area contributed by atoms with Gasteiger partial charge in [-0.1, -0.05) is 0 Å². The molecule has 0 aromatic carbocycles. The molecule has 3 aromatic rings. The lowest BCUT2D eigenvalue weighted by molar-refractivity contribution is 0.0696. The molecule has 0 saturated carbocycles. The molecule has 0 bridgehead atoms. The van der Waals surface area contributed by atoms with E-state index in [-0.39, 0.29) is 28.2 Å². The lowest BCUT2D eigenvalue weighted by atomic mass is 10.3. The highest BCUT2D eigenvalue weighted by Gasteiger charge is 2.03. The van der Waals surface area contributed by atoms with Gasteiger partial charge >= 0.3 is 5.97 Å². The van der Waals surface area contributed by atoms with Crippen LogP contribution in [0.25, 0.3) is 11.2 Å². The number of carbonyl (C=O) groups is 1. The second kappa shape index (κ2) is 6.85. The van der Waals surface area contributed by atoms with Crippen LogP contribution in [-0.2, 0) is 0 Å². The van der Waals surface area contributed by atoms with Crippen molar-refractivity contribution >= 4 is 23.1 Å². The number of carboxylic acid groups (broad SMARTS) is 1. The summed E-state index contributed by atoms with van der Waals surface area (Å²) in [7, 11) is 0. The van der Waals surface area contributed by atoms with Crippen molar-refractivity contribution in [2.45, 2.75) is 0 Å². The Balaban J connectivity index is 0.000000172. The van der Waals surface area contributed by atoms with Crippen molar-refractivity contribution in [1.29, 1.82) is 0 Å². The maximum atomic E-state index is 11.3. The second-order valence-corrected chi connectivity index (χ2v) is 3.83. The fourth-order valence-corrected chi connectivity index (χ4v) is 1.43. The summed E-state index contributed by atoms with van der Waals surface area (Å²) in [5, 5.41) is 8.34. The highest BCUT2D eigenvalue weighted by Crippen LogP contribution is 1.99. The van der Waals surface area contributed by atoms with E-state index in [0.717, 1.165) is 0 Å². The van der Waals surface area contributed by atoms with Gasteiger partial charge < -0.3 is 5.11 Å². The molecule has 0 unspecified atom stereocenters. The molecule has 0 aliphatic carbocycles. The summed E-state index contributed by atoms with van der Waals surface area (Å²) in [6.45, 7) is 0. The molecule has 0 aliphatic rings. The van der Waals surface area contributed by atoms with Gasteiger partial charge in [-0.05, 0) is 12.1 Å². The molecular weight excluding hydrogens is 290 g/mol. The topological polar surface area (TPSA) is 160 Å². The number of aromatic nitrogens is 5. The van der Waals surface area contributed by atoms with Gasteiger partial charge in [-0.2, -0.15) is 4.98 Å². The molecule has 3 heterocycles. The minimum absolute atomic E-state index is 0.165. The van der Waals surface area contributed by atoms with E-state index in [2.05, 4.69) is 30.3 Å². The van der Waals surface area contributed by atoms with Crippen LogP contribution < -0.4 is 16.8 Å². The van der Waals surface area contributed by atoms with Crippen molar-refractivity contribution in [3.63, 3.8) is 0 Å². The van der Waals surface area contributed by atoms with Gasteiger partial charge in [-0.3, -0.25) is 20.2 Å². The number of aromatic carboxylic acids is 1. The molecule has 10 heteroatoms. The van der Waals surface area contributed by atoms with Gasteiger partial charge in [0.2, 0.25) is 5.95 Å². The van der Waals surface area contributed by atoms with Gasteiger partial charge in [0, 0.05) is 24.8 Å². The smallest absolute Gasteiger partial charge is 0.337 e. The number of H-pyrrole nitrogens is 1. The number of anilines is 1. The van der Waals surface area contributed by atoms with E-state index >= 15 is 0 Å². The highest BCUT2D eigenvalue weighted by molar-refractivity contribution is 5.86. The molecule has 0 atom stereocenters. The Bertz CT molecular complexity index is 835. The number of nitrogen functional groups attached to an aromatic ring is 1. The molecular formula is C12H11N7O3. The second-order valence-electron chi connectivity index (χ2n) is 3.83. The zero-order valence-electron chi connectivity index (χ0n) is 11.1. The summed E-state index contributed by atoms with van der Waals surface area (Å²) < 4.78 is 0. The fraction of sp³-hybridized carbons (Fsp3) is 0. The van der Waals surface area contributed by atoms with Crippen LogP contribution in [0.4, 0.5) is 5.95 Å². The van der Waals surface area contributed by atoms with E-state index < -0.39 is 5.97 Å². The first-order valence-corrected chi connectivity index (χ1v) is 5.93. The van der Waals surface area contributed by atoms with Gasteiger partial charge in [0.25, 0.3) is 5.56 Å². The Morgan fingerprint density at radius 2 is 2.05 bits per heavy atom. The molecule has 5 N–H and O–H groups in total.